The van der Waals surface area contributed by atoms with E-state index in [9.17, 15) is 0 Å². The predicted octanol–water partition coefficient (Wildman–Crippen LogP) is 4.09. The van der Waals surface area contributed by atoms with Crippen LogP contribution in [0.4, 0.5) is 0 Å². The van der Waals surface area contributed by atoms with Crippen molar-refractivity contribution in [1.82, 2.24) is 0 Å². The van der Waals surface area contributed by atoms with Crippen LogP contribution in [0.1, 0.15) is 19.3 Å². The second-order valence-electron chi connectivity index (χ2n) is 5.18. The Morgan fingerprint density at radius 2 is 1.53 bits per heavy atom. The summed E-state index contributed by atoms with van der Waals surface area (Å²) in [4.78, 5) is 0. The fourth-order valence-corrected chi connectivity index (χ4v) is 2.22. The van der Waals surface area contributed by atoms with Crippen molar-refractivity contribution in [2.45, 2.75) is 38.9 Å². The van der Waals surface area contributed by atoms with Gasteiger partial charge in [-0.15, -0.1) is 0 Å². The Balaban J connectivity index is 1.95. The lowest BCUT2D eigenvalue weighted by atomic mass is 10.2. The van der Waals surface area contributed by atoms with Gasteiger partial charge in [-0.25, -0.2) is 0 Å². The van der Waals surface area contributed by atoms with Gasteiger partial charge in [0, 0.05) is 6.61 Å². The van der Waals surface area contributed by atoms with E-state index < -0.39 is 8.32 Å². The van der Waals surface area contributed by atoms with Gasteiger partial charge in [-0.05, 0) is 51.0 Å². The highest BCUT2D eigenvalue weighted by atomic mass is 28.4. The average Bonchev–Trinajstić information content (AvgIpc) is 2.28. The fourth-order valence-electron chi connectivity index (χ4n) is 1.47. The van der Waals surface area contributed by atoms with Gasteiger partial charge >= 0.3 is 0 Å². The zero-order valence-electron chi connectivity index (χ0n) is 11.2. The van der Waals surface area contributed by atoms with Crippen LogP contribution in [0.25, 0.3) is 0 Å². The Morgan fingerprint density at radius 3 is 2.18 bits per heavy atom. The van der Waals surface area contributed by atoms with E-state index in [2.05, 4.69) is 19.6 Å². The Kier molecular flexibility index (Phi) is 6.30. The molecule has 0 aromatic heterocycles. The minimum Gasteiger partial charge on any atom is -0.494 e. The molecule has 0 bridgehead atoms. The second-order valence-corrected chi connectivity index (χ2v) is 9.70. The van der Waals surface area contributed by atoms with Crippen molar-refractivity contribution >= 4 is 8.32 Å². The lowest BCUT2D eigenvalue weighted by Crippen LogP contribution is -2.25. The third-order valence-corrected chi connectivity index (χ3v) is 3.41. The molecule has 0 radical (unpaired) electrons. The minimum absolute atomic E-state index is 0.803. The smallest absolute Gasteiger partial charge is 0.183 e. The van der Waals surface area contributed by atoms with Crippen LogP contribution >= 0.6 is 0 Å². The molecule has 0 heterocycles. The first-order valence-corrected chi connectivity index (χ1v) is 9.80. The van der Waals surface area contributed by atoms with Crippen molar-refractivity contribution < 1.29 is 9.16 Å². The Hall–Kier alpha value is -0.803. The number of hydrogen-bond donors (Lipinski definition) is 0. The van der Waals surface area contributed by atoms with E-state index in [4.69, 9.17) is 9.16 Å². The number of unbranched alkanes of at least 4 members (excludes halogenated alkanes) is 2. The van der Waals surface area contributed by atoms with Crippen molar-refractivity contribution in [2.24, 2.45) is 0 Å². The topological polar surface area (TPSA) is 18.5 Å². The molecule has 0 amide bonds. The SMILES string of the molecule is C[Si](C)(C)OCCCCCOc1ccccc1. The zero-order chi connectivity index (χ0) is 12.6. The normalized spacial score (nSPS) is 11.5. The number of ether oxygens (including phenoxy) is 1. The van der Waals surface area contributed by atoms with Crippen molar-refractivity contribution in [2.75, 3.05) is 13.2 Å². The maximum absolute atomic E-state index is 5.79. The maximum atomic E-state index is 5.79. The molecule has 1 aromatic carbocycles. The van der Waals surface area contributed by atoms with Crippen LogP contribution in [0, 0.1) is 0 Å². The minimum atomic E-state index is -1.31. The first-order chi connectivity index (χ1) is 8.08. The molecule has 0 aliphatic heterocycles. The molecule has 1 rings (SSSR count). The molecular weight excluding hydrogens is 228 g/mol. The number of benzene rings is 1. The van der Waals surface area contributed by atoms with Crippen LogP contribution in [0.5, 0.6) is 5.75 Å². The molecule has 0 fully saturated rings. The third kappa shape index (κ3) is 7.99. The summed E-state index contributed by atoms with van der Waals surface area (Å²) in [7, 11) is -1.31. The van der Waals surface area contributed by atoms with Gasteiger partial charge in [-0.1, -0.05) is 18.2 Å². The summed E-state index contributed by atoms with van der Waals surface area (Å²) in [5.74, 6) is 0.964. The molecule has 2 nitrogen and oxygen atoms in total. The Bertz CT molecular complexity index is 293. The highest BCUT2D eigenvalue weighted by Gasteiger charge is 2.12. The summed E-state index contributed by atoms with van der Waals surface area (Å²) in [5.41, 5.74) is 0. The van der Waals surface area contributed by atoms with Gasteiger partial charge in [0.05, 0.1) is 6.61 Å². The van der Waals surface area contributed by atoms with Crippen LogP contribution < -0.4 is 4.74 Å². The van der Waals surface area contributed by atoms with E-state index in [1.165, 1.54) is 6.42 Å². The quantitative estimate of drug-likeness (QED) is 0.512. The molecule has 1 aromatic rings. The number of rotatable bonds is 8. The monoisotopic (exact) mass is 252 g/mol. The van der Waals surface area contributed by atoms with Crippen LogP contribution in [0.15, 0.2) is 30.3 Å². The summed E-state index contributed by atoms with van der Waals surface area (Å²) in [6, 6.07) is 9.98. The van der Waals surface area contributed by atoms with Gasteiger partial charge in [-0.3, -0.25) is 0 Å². The molecule has 0 saturated heterocycles. The summed E-state index contributed by atoms with van der Waals surface area (Å²) < 4.78 is 11.4. The average molecular weight is 252 g/mol. The van der Waals surface area contributed by atoms with Crippen molar-refractivity contribution in [1.29, 1.82) is 0 Å². The molecular formula is C14H24O2Si. The standard InChI is InChI=1S/C14H24O2Si/c1-17(2,3)16-13-9-5-8-12-15-14-10-6-4-7-11-14/h4,6-7,10-11H,5,8-9,12-13H2,1-3H3. The summed E-state index contributed by atoms with van der Waals surface area (Å²) >= 11 is 0. The van der Waals surface area contributed by atoms with Crippen molar-refractivity contribution in [3.05, 3.63) is 30.3 Å². The van der Waals surface area contributed by atoms with Gasteiger partial charge in [0.1, 0.15) is 5.75 Å². The molecule has 0 unspecified atom stereocenters. The first-order valence-electron chi connectivity index (χ1n) is 6.40. The lowest BCUT2D eigenvalue weighted by Gasteiger charge is -2.16. The van der Waals surface area contributed by atoms with Gasteiger partial charge < -0.3 is 9.16 Å². The fraction of sp³-hybridized carbons (Fsp3) is 0.571. The van der Waals surface area contributed by atoms with Gasteiger partial charge in [0.25, 0.3) is 0 Å². The number of para-hydroxylation sites is 1. The highest BCUT2D eigenvalue weighted by Crippen LogP contribution is 2.09. The van der Waals surface area contributed by atoms with E-state index in [1.54, 1.807) is 0 Å². The van der Waals surface area contributed by atoms with E-state index in [-0.39, 0.29) is 0 Å². The zero-order valence-corrected chi connectivity index (χ0v) is 12.2. The molecule has 17 heavy (non-hydrogen) atoms. The van der Waals surface area contributed by atoms with Crippen LogP contribution in [0.3, 0.4) is 0 Å². The summed E-state index contributed by atoms with van der Waals surface area (Å²) in [6.07, 6.45) is 3.42. The Labute approximate surface area is 106 Å². The summed E-state index contributed by atoms with van der Waals surface area (Å²) in [6.45, 7) is 8.39. The van der Waals surface area contributed by atoms with E-state index in [1.807, 2.05) is 30.3 Å². The molecule has 3 heteroatoms. The van der Waals surface area contributed by atoms with Crippen LogP contribution in [-0.4, -0.2) is 21.5 Å². The predicted molar refractivity (Wildman–Crippen MR) is 75.1 cm³/mol. The first kappa shape index (κ1) is 14.3. The van der Waals surface area contributed by atoms with Gasteiger partial charge in [0.15, 0.2) is 8.32 Å². The molecule has 96 valence electrons. The van der Waals surface area contributed by atoms with Crippen LogP contribution in [0.2, 0.25) is 19.6 Å². The largest absolute Gasteiger partial charge is 0.494 e. The molecule has 0 N–H and O–H groups in total. The van der Waals surface area contributed by atoms with Crippen molar-refractivity contribution in [3.63, 3.8) is 0 Å². The van der Waals surface area contributed by atoms with E-state index in [0.717, 1.165) is 31.8 Å². The molecule has 0 atom stereocenters. The highest BCUT2D eigenvalue weighted by molar-refractivity contribution is 6.69. The summed E-state index contributed by atoms with van der Waals surface area (Å²) in [5, 5.41) is 0. The molecule has 0 spiro atoms. The maximum Gasteiger partial charge on any atom is 0.183 e. The molecule has 0 aliphatic rings. The van der Waals surface area contributed by atoms with E-state index in [0.29, 0.717) is 0 Å². The van der Waals surface area contributed by atoms with Crippen molar-refractivity contribution in [3.8, 4) is 5.75 Å². The van der Waals surface area contributed by atoms with Gasteiger partial charge in [0.2, 0.25) is 0 Å². The number of hydrogen-bond acceptors (Lipinski definition) is 2. The van der Waals surface area contributed by atoms with E-state index >= 15 is 0 Å². The second kappa shape index (κ2) is 7.51. The Morgan fingerprint density at radius 1 is 0.882 bits per heavy atom. The molecule has 0 saturated carbocycles. The van der Waals surface area contributed by atoms with Gasteiger partial charge in [-0.2, -0.15) is 0 Å². The lowest BCUT2D eigenvalue weighted by molar-refractivity contribution is 0.276. The van der Waals surface area contributed by atoms with Crippen LogP contribution in [-0.2, 0) is 4.43 Å². The third-order valence-electron chi connectivity index (χ3n) is 2.34. The molecule has 0 aliphatic carbocycles.